The standard InChI is InChI=1S/C20H23N5OS/c1-13-12-27-19(24-13)25-18(26)20(8-3-9-20)17-6-4-15(5-7-17)16(10-21)11-23-14(2)22/h4-7,10-12H,2-3,8-9,21-22H2,1H3,(H,24,25,26)/b16-10+,23-11?. The summed E-state index contributed by atoms with van der Waals surface area (Å²) in [6.45, 7) is 5.45. The number of aromatic nitrogens is 1. The van der Waals surface area contributed by atoms with Crippen molar-refractivity contribution in [2.75, 3.05) is 5.32 Å². The molecule has 0 spiro atoms. The summed E-state index contributed by atoms with van der Waals surface area (Å²) in [5.41, 5.74) is 14.2. The van der Waals surface area contributed by atoms with Crippen LogP contribution in [0.2, 0.25) is 0 Å². The van der Waals surface area contributed by atoms with Gasteiger partial charge in [0.05, 0.1) is 11.1 Å². The molecule has 0 saturated heterocycles. The van der Waals surface area contributed by atoms with Crippen molar-refractivity contribution in [2.45, 2.75) is 31.6 Å². The summed E-state index contributed by atoms with van der Waals surface area (Å²) in [7, 11) is 0. The predicted octanol–water partition coefficient (Wildman–Crippen LogP) is 3.31. The van der Waals surface area contributed by atoms with E-state index in [2.05, 4.69) is 21.9 Å². The van der Waals surface area contributed by atoms with Crippen molar-refractivity contribution in [3.05, 3.63) is 65.1 Å². The summed E-state index contributed by atoms with van der Waals surface area (Å²) in [4.78, 5) is 21.3. The average Bonchev–Trinajstić information content (AvgIpc) is 3.00. The molecule has 1 aliphatic rings. The van der Waals surface area contributed by atoms with Crippen LogP contribution in [0.15, 0.2) is 53.2 Å². The first-order chi connectivity index (χ1) is 12.9. The fourth-order valence-electron chi connectivity index (χ4n) is 3.15. The quantitative estimate of drug-likeness (QED) is 0.667. The first kappa shape index (κ1) is 18.8. The lowest BCUT2D eigenvalue weighted by molar-refractivity contribution is -0.124. The van der Waals surface area contributed by atoms with E-state index in [0.29, 0.717) is 5.13 Å². The van der Waals surface area contributed by atoms with Gasteiger partial charge in [0.2, 0.25) is 5.91 Å². The Morgan fingerprint density at radius 2 is 2.07 bits per heavy atom. The Balaban J connectivity index is 1.81. The summed E-state index contributed by atoms with van der Waals surface area (Å²) in [5, 5.41) is 5.55. The van der Waals surface area contributed by atoms with Crippen LogP contribution in [-0.4, -0.2) is 17.1 Å². The normalized spacial score (nSPS) is 16.1. The number of carbonyl (C=O) groups excluding carboxylic acids is 1. The molecule has 0 bridgehead atoms. The molecule has 7 heteroatoms. The van der Waals surface area contributed by atoms with E-state index in [0.717, 1.165) is 41.7 Å². The highest BCUT2D eigenvalue weighted by Crippen LogP contribution is 2.45. The van der Waals surface area contributed by atoms with E-state index in [4.69, 9.17) is 11.5 Å². The summed E-state index contributed by atoms with van der Waals surface area (Å²) < 4.78 is 0. The Morgan fingerprint density at radius 1 is 1.37 bits per heavy atom. The number of rotatable bonds is 6. The first-order valence-corrected chi connectivity index (χ1v) is 9.57. The molecular weight excluding hydrogens is 358 g/mol. The molecule has 27 heavy (non-hydrogen) atoms. The molecule has 0 aliphatic heterocycles. The molecule has 1 aliphatic carbocycles. The fraction of sp³-hybridized carbons (Fsp3) is 0.250. The van der Waals surface area contributed by atoms with Crippen LogP contribution < -0.4 is 16.8 Å². The fourth-order valence-corrected chi connectivity index (χ4v) is 3.84. The maximum absolute atomic E-state index is 13.0. The largest absolute Gasteiger partial charge is 0.404 e. The highest BCUT2D eigenvalue weighted by atomic mass is 32.1. The Bertz CT molecular complexity index is 907. The van der Waals surface area contributed by atoms with Crippen LogP contribution in [0, 0.1) is 6.92 Å². The lowest BCUT2D eigenvalue weighted by atomic mass is 9.63. The first-order valence-electron chi connectivity index (χ1n) is 8.69. The monoisotopic (exact) mass is 381 g/mol. The second kappa shape index (κ2) is 7.75. The number of anilines is 1. The smallest absolute Gasteiger partial charge is 0.236 e. The van der Waals surface area contributed by atoms with Crippen molar-refractivity contribution in [3.8, 4) is 0 Å². The number of amides is 1. The molecule has 0 radical (unpaired) electrons. The maximum Gasteiger partial charge on any atom is 0.236 e. The maximum atomic E-state index is 13.0. The highest BCUT2D eigenvalue weighted by Gasteiger charge is 2.45. The van der Waals surface area contributed by atoms with E-state index in [9.17, 15) is 4.79 Å². The summed E-state index contributed by atoms with van der Waals surface area (Å²) >= 11 is 1.44. The number of benzene rings is 1. The molecule has 2 aromatic rings. The molecule has 0 unspecified atom stereocenters. The van der Waals surface area contributed by atoms with Crippen molar-refractivity contribution in [2.24, 2.45) is 16.5 Å². The second-order valence-electron chi connectivity index (χ2n) is 6.63. The Labute approximate surface area is 162 Å². The van der Waals surface area contributed by atoms with Crippen LogP contribution in [0.4, 0.5) is 5.13 Å². The van der Waals surface area contributed by atoms with Gasteiger partial charge in [-0.2, -0.15) is 0 Å². The summed E-state index contributed by atoms with van der Waals surface area (Å²) in [6.07, 6.45) is 5.74. The van der Waals surface area contributed by atoms with Gasteiger partial charge in [-0.3, -0.25) is 4.79 Å². The third kappa shape index (κ3) is 3.93. The number of thiazole rings is 1. The molecule has 3 rings (SSSR count). The van der Waals surface area contributed by atoms with E-state index in [1.54, 1.807) is 6.21 Å². The third-order valence-corrected chi connectivity index (χ3v) is 5.68. The number of nitrogens with zero attached hydrogens (tertiary/aromatic N) is 2. The number of carbonyl (C=O) groups is 1. The van der Waals surface area contributed by atoms with Gasteiger partial charge in [-0.1, -0.05) is 37.3 Å². The molecular formula is C20H23N5OS. The Morgan fingerprint density at radius 3 is 2.56 bits per heavy atom. The van der Waals surface area contributed by atoms with Crippen LogP contribution in [0.1, 0.15) is 36.1 Å². The van der Waals surface area contributed by atoms with Crippen LogP contribution >= 0.6 is 11.3 Å². The summed E-state index contributed by atoms with van der Waals surface area (Å²) in [6, 6.07) is 7.85. The number of hydrogen-bond acceptors (Lipinski definition) is 6. The number of aliphatic imine (C=N–C) groups is 1. The van der Waals surface area contributed by atoms with E-state index in [-0.39, 0.29) is 11.7 Å². The molecule has 1 aromatic heterocycles. The number of hydrogen-bond donors (Lipinski definition) is 3. The number of allylic oxidation sites excluding steroid dienone is 1. The molecule has 140 valence electrons. The van der Waals surface area contributed by atoms with Crippen LogP contribution in [0.25, 0.3) is 5.57 Å². The molecule has 1 heterocycles. The molecule has 1 fully saturated rings. The minimum absolute atomic E-state index is 0.00596. The van der Waals surface area contributed by atoms with E-state index in [1.807, 2.05) is 36.6 Å². The zero-order chi connectivity index (χ0) is 19.4. The number of nitrogens with one attached hydrogen (secondary N) is 1. The van der Waals surface area contributed by atoms with Crippen molar-refractivity contribution >= 4 is 34.2 Å². The van der Waals surface area contributed by atoms with Crippen molar-refractivity contribution in [1.29, 1.82) is 0 Å². The SMILES string of the molecule is C=C(N)N=C/C(=C\N)c1ccc(C2(C(=O)Nc3nc(C)cs3)CCC2)cc1. The topological polar surface area (TPSA) is 106 Å². The molecule has 5 N–H and O–H groups in total. The second-order valence-corrected chi connectivity index (χ2v) is 7.49. The molecule has 1 amide bonds. The predicted molar refractivity (Wildman–Crippen MR) is 111 cm³/mol. The Kier molecular flexibility index (Phi) is 5.41. The highest BCUT2D eigenvalue weighted by molar-refractivity contribution is 7.13. The number of aryl methyl sites for hydroxylation is 1. The lowest BCUT2D eigenvalue weighted by Crippen LogP contribution is -2.46. The lowest BCUT2D eigenvalue weighted by Gasteiger charge is -2.40. The minimum Gasteiger partial charge on any atom is -0.404 e. The van der Waals surface area contributed by atoms with Gasteiger partial charge in [-0.05, 0) is 30.9 Å². The summed E-state index contributed by atoms with van der Waals surface area (Å²) in [5.74, 6) is 0.222. The van der Waals surface area contributed by atoms with E-state index >= 15 is 0 Å². The van der Waals surface area contributed by atoms with Gasteiger partial charge < -0.3 is 16.8 Å². The Hall–Kier alpha value is -2.93. The van der Waals surface area contributed by atoms with Crippen LogP contribution in [0.3, 0.4) is 0 Å². The molecule has 1 aromatic carbocycles. The zero-order valence-electron chi connectivity index (χ0n) is 15.2. The van der Waals surface area contributed by atoms with Gasteiger partial charge in [0.1, 0.15) is 5.82 Å². The number of nitrogens with two attached hydrogens (primary N) is 2. The molecule has 1 saturated carbocycles. The van der Waals surface area contributed by atoms with Crippen molar-refractivity contribution < 1.29 is 4.79 Å². The molecule has 6 nitrogen and oxygen atoms in total. The van der Waals surface area contributed by atoms with Crippen molar-refractivity contribution in [1.82, 2.24) is 4.98 Å². The van der Waals surface area contributed by atoms with Gasteiger partial charge >= 0.3 is 0 Å². The van der Waals surface area contributed by atoms with Gasteiger partial charge in [-0.15, -0.1) is 11.3 Å². The average molecular weight is 382 g/mol. The van der Waals surface area contributed by atoms with Gasteiger partial charge in [0, 0.05) is 23.4 Å². The third-order valence-electron chi connectivity index (χ3n) is 4.80. The molecule has 0 atom stereocenters. The van der Waals surface area contributed by atoms with Crippen LogP contribution in [-0.2, 0) is 10.2 Å². The van der Waals surface area contributed by atoms with E-state index in [1.165, 1.54) is 17.5 Å². The zero-order valence-corrected chi connectivity index (χ0v) is 16.1. The van der Waals surface area contributed by atoms with Crippen molar-refractivity contribution in [3.63, 3.8) is 0 Å². The van der Waals surface area contributed by atoms with Gasteiger partial charge in [0.25, 0.3) is 0 Å². The van der Waals surface area contributed by atoms with Gasteiger partial charge in [-0.25, -0.2) is 9.98 Å². The van der Waals surface area contributed by atoms with Crippen LogP contribution in [0.5, 0.6) is 0 Å². The van der Waals surface area contributed by atoms with E-state index < -0.39 is 5.41 Å². The minimum atomic E-state index is -0.496. The van der Waals surface area contributed by atoms with Gasteiger partial charge in [0.15, 0.2) is 5.13 Å².